The van der Waals surface area contributed by atoms with E-state index in [4.69, 9.17) is 15.3 Å². The molecule has 0 aliphatic carbocycles. The van der Waals surface area contributed by atoms with Crippen molar-refractivity contribution in [2.24, 2.45) is 0 Å². The first-order valence-corrected chi connectivity index (χ1v) is 5.19. The SMILES string of the molecule is O=C(O)CCC(=O)OC(=O)CC(O)(CC(=O)O)C(=O)O.[NaH].[NaH]. The molecule has 1 unspecified atom stereocenters. The van der Waals surface area contributed by atoms with E-state index in [1.807, 2.05) is 0 Å². The fourth-order valence-corrected chi connectivity index (χ4v) is 1.13. The molecule has 12 heteroatoms. The second-order valence-corrected chi connectivity index (χ2v) is 3.82. The molecule has 0 aromatic carbocycles. The van der Waals surface area contributed by atoms with Crippen LogP contribution in [0.2, 0.25) is 0 Å². The number of aliphatic hydroxyl groups is 1. The van der Waals surface area contributed by atoms with Gasteiger partial charge in [-0.3, -0.25) is 19.2 Å². The Kier molecular flexibility index (Phi) is 14.4. The quantitative estimate of drug-likeness (QED) is 0.207. The molecule has 0 aliphatic rings. The van der Waals surface area contributed by atoms with Gasteiger partial charge in [-0.15, -0.1) is 0 Å². The Balaban J connectivity index is -0.00000180. The molecule has 1 atom stereocenters. The Morgan fingerprint density at radius 1 is 0.773 bits per heavy atom. The Hall–Kier alpha value is -0.490. The first-order chi connectivity index (χ1) is 9.06. The van der Waals surface area contributed by atoms with Crippen molar-refractivity contribution in [2.75, 3.05) is 0 Å². The first-order valence-electron chi connectivity index (χ1n) is 5.19. The second-order valence-electron chi connectivity index (χ2n) is 3.82. The molecule has 22 heavy (non-hydrogen) atoms. The Morgan fingerprint density at radius 3 is 1.64 bits per heavy atom. The first kappa shape index (κ1) is 26.4. The van der Waals surface area contributed by atoms with E-state index in [1.165, 1.54) is 0 Å². The third-order valence-electron chi connectivity index (χ3n) is 2.05. The average Bonchev–Trinajstić information content (AvgIpc) is 2.24. The summed E-state index contributed by atoms with van der Waals surface area (Å²) in [4.78, 5) is 53.4. The second kappa shape index (κ2) is 12.0. The summed E-state index contributed by atoms with van der Waals surface area (Å²) < 4.78 is 4.07. The summed E-state index contributed by atoms with van der Waals surface area (Å²) in [6.07, 6.45) is -3.73. The molecule has 0 aromatic rings. The number of carbonyl (C=O) groups is 5. The number of hydrogen-bond donors (Lipinski definition) is 4. The van der Waals surface area contributed by atoms with E-state index in [1.54, 1.807) is 0 Å². The molecule has 10 nitrogen and oxygen atoms in total. The molecule has 0 heterocycles. The van der Waals surface area contributed by atoms with Gasteiger partial charge in [0, 0.05) is 0 Å². The van der Waals surface area contributed by atoms with Gasteiger partial charge in [0.15, 0.2) is 5.60 Å². The maximum absolute atomic E-state index is 11.2. The van der Waals surface area contributed by atoms with Crippen LogP contribution in [0.1, 0.15) is 25.7 Å². The number of ether oxygens (including phenoxy) is 1. The van der Waals surface area contributed by atoms with Gasteiger partial charge in [0.25, 0.3) is 0 Å². The predicted octanol–water partition coefficient (Wildman–Crippen LogP) is -2.70. The van der Waals surface area contributed by atoms with E-state index >= 15 is 0 Å². The molecule has 0 aliphatic heterocycles. The van der Waals surface area contributed by atoms with Crippen LogP contribution in [0.4, 0.5) is 0 Å². The summed E-state index contributed by atoms with van der Waals surface area (Å²) in [6, 6.07) is 0. The van der Waals surface area contributed by atoms with E-state index in [0.29, 0.717) is 0 Å². The van der Waals surface area contributed by atoms with Crippen LogP contribution in [0.25, 0.3) is 0 Å². The van der Waals surface area contributed by atoms with Crippen molar-refractivity contribution in [1.82, 2.24) is 0 Å². The molecule has 4 N–H and O–H groups in total. The monoisotopic (exact) mass is 340 g/mol. The zero-order valence-electron chi connectivity index (χ0n) is 10.1. The Morgan fingerprint density at radius 2 is 1.27 bits per heavy atom. The van der Waals surface area contributed by atoms with Gasteiger partial charge in [-0.25, -0.2) is 4.79 Å². The Labute approximate surface area is 168 Å². The van der Waals surface area contributed by atoms with Crippen molar-refractivity contribution >= 4 is 89.0 Å². The molecule has 0 saturated carbocycles. The van der Waals surface area contributed by atoms with E-state index < -0.39 is 61.1 Å². The summed E-state index contributed by atoms with van der Waals surface area (Å²) in [6.45, 7) is 0. The number of carboxylic acids is 3. The van der Waals surface area contributed by atoms with Crippen LogP contribution in [0.3, 0.4) is 0 Å². The minimum absolute atomic E-state index is 0. The van der Waals surface area contributed by atoms with Crippen LogP contribution in [0, 0.1) is 0 Å². The Bertz CT molecular complexity index is 449. The maximum atomic E-state index is 11.2. The van der Waals surface area contributed by atoms with E-state index in [2.05, 4.69) is 4.74 Å². The van der Waals surface area contributed by atoms with Crippen LogP contribution < -0.4 is 0 Å². The molecular weight excluding hydrogens is 326 g/mol. The summed E-state index contributed by atoms with van der Waals surface area (Å²) >= 11 is 0. The number of aliphatic carboxylic acids is 3. The van der Waals surface area contributed by atoms with Gasteiger partial charge in [-0.1, -0.05) is 0 Å². The molecule has 0 rings (SSSR count). The van der Waals surface area contributed by atoms with Gasteiger partial charge in [0.2, 0.25) is 0 Å². The zero-order chi connectivity index (χ0) is 15.9. The van der Waals surface area contributed by atoms with Crippen molar-refractivity contribution in [3.05, 3.63) is 0 Å². The van der Waals surface area contributed by atoms with Crippen LogP contribution in [-0.4, -0.2) is 115 Å². The number of carboxylic acid groups (broad SMARTS) is 3. The summed E-state index contributed by atoms with van der Waals surface area (Å²) in [5, 5.41) is 34.8. The molecule has 0 radical (unpaired) electrons. The van der Waals surface area contributed by atoms with Crippen molar-refractivity contribution in [3.8, 4) is 0 Å². The molecular formula is C10H14Na2O10. The van der Waals surface area contributed by atoms with Gasteiger partial charge >= 0.3 is 89.0 Å². The van der Waals surface area contributed by atoms with Crippen molar-refractivity contribution in [1.29, 1.82) is 0 Å². The molecule has 0 spiro atoms. The number of carbonyl (C=O) groups excluding carboxylic acids is 2. The number of rotatable bonds is 8. The van der Waals surface area contributed by atoms with Crippen molar-refractivity contribution in [2.45, 2.75) is 31.3 Å². The molecule has 0 aromatic heterocycles. The fraction of sp³-hybridized carbons (Fsp3) is 0.500. The van der Waals surface area contributed by atoms with Crippen LogP contribution in [0.5, 0.6) is 0 Å². The van der Waals surface area contributed by atoms with E-state index in [0.717, 1.165) is 0 Å². The van der Waals surface area contributed by atoms with Gasteiger partial charge in [-0.2, -0.15) is 0 Å². The van der Waals surface area contributed by atoms with Gasteiger partial charge in [0.1, 0.15) is 0 Å². The fourth-order valence-electron chi connectivity index (χ4n) is 1.13. The summed E-state index contributed by atoms with van der Waals surface area (Å²) in [7, 11) is 0. The summed E-state index contributed by atoms with van der Waals surface area (Å²) in [5.74, 6) is -7.62. The topological polar surface area (TPSA) is 175 Å². The average molecular weight is 340 g/mol. The minimum atomic E-state index is -2.91. The van der Waals surface area contributed by atoms with E-state index in [9.17, 15) is 29.1 Å². The van der Waals surface area contributed by atoms with Crippen LogP contribution >= 0.6 is 0 Å². The van der Waals surface area contributed by atoms with Gasteiger partial charge in [0.05, 0.1) is 25.7 Å². The predicted molar refractivity (Wildman–Crippen MR) is 71.7 cm³/mol. The third-order valence-corrected chi connectivity index (χ3v) is 2.05. The van der Waals surface area contributed by atoms with Crippen LogP contribution in [0.15, 0.2) is 0 Å². The standard InChI is InChI=1S/C10H12O10.2Na.2H/c11-5(12)1-2-7(15)20-8(16)4-10(19,9(17)18)3-6(13)14;;;;/h19H,1-4H2,(H,11,12)(H,13,14)(H,17,18);;;;. The van der Waals surface area contributed by atoms with Crippen LogP contribution in [-0.2, 0) is 28.7 Å². The number of esters is 2. The molecule has 0 saturated heterocycles. The molecule has 116 valence electrons. The third kappa shape index (κ3) is 11.1. The normalized spacial score (nSPS) is 11.9. The molecule has 0 bridgehead atoms. The van der Waals surface area contributed by atoms with Crippen molar-refractivity contribution < 1.29 is 49.1 Å². The van der Waals surface area contributed by atoms with Gasteiger partial charge in [-0.05, 0) is 0 Å². The van der Waals surface area contributed by atoms with Gasteiger partial charge < -0.3 is 25.2 Å². The van der Waals surface area contributed by atoms with Crippen molar-refractivity contribution in [3.63, 3.8) is 0 Å². The summed E-state index contributed by atoms with van der Waals surface area (Å²) in [5.41, 5.74) is -2.91. The molecule has 0 amide bonds. The number of hydrogen-bond acceptors (Lipinski definition) is 7. The zero-order valence-corrected chi connectivity index (χ0v) is 10.1. The molecule has 0 fully saturated rings. The van der Waals surface area contributed by atoms with E-state index in [-0.39, 0.29) is 59.1 Å².